The molecule has 4 nitrogen and oxygen atoms in total. The van der Waals surface area contributed by atoms with E-state index in [0.717, 1.165) is 25.9 Å². The van der Waals surface area contributed by atoms with Crippen LogP contribution in [0, 0.1) is 17.8 Å². The Hall–Kier alpha value is -0.770. The number of aliphatic hydroxyl groups excluding tert-OH is 1. The van der Waals surface area contributed by atoms with Gasteiger partial charge in [0.15, 0.2) is 0 Å². The van der Waals surface area contributed by atoms with Crippen molar-refractivity contribution >= 4 is 6.09 Å². The van der Waals surface area contributed by atoms with E-state index in [-0.39, 0.29) is 12.7 Å². The van der Waals surface area contributed by atoms with Crippen molar-refractivity contribution in [1.29, 1.82) is 0 Å². The number of hydrogen-bond donors (Lipinski definition) is 1. The summed E-state index contributed by atoms with van der Waals surface area (Å²) in [5, 5.41) is 9.29. The summed E-state index contributed by atoms with van der Waals surface area (Å²) in [6.45, 7) is 7.47. The first-order valence-electron chi connectivity index (χ1n) is 6.49. The largest absolute Gasteiger partial charge is 0.444 e. The van der Waals surface area contributed by atoms with Gasteiger partial charge >= 0.3 is 6.09 Å². The van der Waals surface area contributed by atoms with Crippen molar-refractivity contribution in [2.75, 3.05) is 19.7 Å². The van der Waals surface area contributed by atoms with Gasteiger partial charge in [-0.25, -0.2) is 4.79 Å². The zero-order chi connectivity index (χ0) is 12.6. The number of fused-ring (bicyclic) bond motifs is 1. The number of likely N-dealkylation sites (tertiary alicyclic amines) is 1. The van der Waals surface area contributed by atoms with Gasteiger partial charge in [-0.3, -0.25) is 0 Å². The van der Waals surface area contributed by atoms with Gasteiger partial charge in [0.25, 0.3) is 0 Å². The van der Waals surface area contributed by atoms with Crippen LogP contribution in [0.4, 0.5) is 4.79 Å². The molecule has 0 spiro atoms. The van der Waals surface area contributed by atoms with Gasteiger partial charge in [-0.2, -0.15) is 0 Å². The van der Waals surface area contributed by atoms with E-state index in [0.29, 0.717) is 17.8 Å². The van der Waals surface area contributed by atoms with Crippen LogP contribution < -0.4 is 0 Å². The standard InChI is InChI=1S/C13H23NO3/c1-13(2,3)17-12(16)14-6-9-4-5-10(8-15)11(9)7-14/h9-11,15H,4-8H2,1-3H3/t9-,10?,11+/m1/s1. The highest BCUT2D eigenvalue weighted by molar-refractivity contribution is 5.68. The molecule has 1 unspecified atom stereocenters. The summed E-state index contributed by atoms with van der Waals surface area (Å²) in [6.07, 6.45) is 2.03. The van der Waals surface area contributed by atoms with E-state index in [1.807, 2.05) is 25.7 Å². The van der Waals surface area contributed by atoms with E-state index in [9.17, 15) is 9.90 Å². The van der Waals surface area contributed by atoms with E-state index < -0.39 is 5.60 Å². The highest BCUT2D eigenvalue weighted by Crippen LogP contribution is 2.42. The normalized spacial score (nSPS) is 32.7. The number of hydrogen-bond acceptors (Lipinski definition) is 3. The molecule has 98 valence electrons. The summed E-state index contributed by atoms with van der Waals surface area (Å²) < 4.78 is 5.38. The van der Waals surface area contributed by atoms with Gasteiger partial charge in [-0.05, 0) is 51.4 Å². The molecule has 0 aromatic carbocycles. The van der Waals surface area contributed by atoms with Crippen molar-refractivity contribution in [3.05, 3.63) is 0 Å². The Morgan fingerprint density at radius 2 is 2.06 bits per heavy atom. The predicted octanol–water partition coefficient (Wildman–Crippen LogP) is 1.87. The van der Waals surface area contributed by atoms with Crippen molar-refractivity contribution in [2.45, 2.75) is 39.2 Å². The van der Waals surface area contributed by atoms with Gasteiger partial charge < -0.3 is 14.7 Å². The van der Waals surface area contributed by atoms with Crippen LogP contribution in [0.2, 0.25) is 0 Å². The van der Waals surface area contributed by atoms with Crippen LogP contribution in [0.1, 0.15) is 33.6 Å². The van der Waals surface area contributed by atoms with Crippen molar-refractivity contribution in [2.24, 2.45) is 17.8 Å². The molecule has 17 heavy (non-hydrogen) atoms. The number of nitrogens with zero attached hydrogens (tertiary/aromatic N) is 1. The van der Waals surface area contributed by atoms with Crippen molar-refractivity contribution in [1.82, 2.24) is 4.90 Å². The summed E-state index contributed by atoms with van der Waals surface area (Å²) in [4.78, 5) is 13.7. The SMILES string of the molecule is CC(C)(C)OC(=O)N1C[C@H]2CCC(CO)[C@H]2C1. The average molecular weight is 241 g/mol. The third-order valence-corrected chi connectivity index (χ3v) is 3.89. The molecule has 1 saturated heterocycles. The lowest BCUT2D eigenvalue weighted by atomic mass is 9.93. The van der Waals surface area contributed by atoms with E-state index in [1.165, 1.54) is 0 Å². The second-order valence-electron chi connectivity index (χ2n) is 6.33. The Bertz CT molecular complexity index is 298. The highest BCUT2D eigenvalue weighted by atomic mass is 16.6. The van der Waals surface area contributed by atoms with Crippen LogP contribution >= 0.6 is 0 Å². The Morgan fingerprint density at radius 1 is 1.35 bits per heavy atom. The first-order valence-corrected chi connectivity index (χ1v) is 6.49. The quantitative estimate of drug-likeness (QED) is 0.762. The molecule has 0 aromatic rings. The average Bonchev–Trinajstić information content (AvgIpc) is 2.72. The number of ether oxygens (including phenoxy) is 1. The van der Waals surface area contributed by atoms with E-state index >= 15 is 0 Å². The number of carbonyl (C=O) groups is 1. The number of aliphatic hydroxyl groups is 1. The summed E-state index contributed by atoms with van der Waals surface area (Å²) >= 11 is 0. The topological polar surface area (TPSA) is 49.8 Å². The maximum Gasteiger partial charge on any atom is 0.410 e. The molecular weight excluding hydrogens is 218 g/mol. The Balaban J connectivity index is 1.92. The zero-order valence-corrected chi connectivity index (χ0v) is 11.0. The molecule has 0 radical (unpaired) electrons. The summed E-state index contributed by atoms with van der Waals surface area (Å²) in [7, 11) is 0. The minimum Gasteiger partial charge on any atom is -0.444 e. The molecule has 2 aliphatic rings. The maximum absolute atomic E-state index is 11.9. The van der Waals surface area contributed by atoms with Crippen LogP contribution in [0.25, 0.3) is 0 Å². The monoisotopic (exact) mass is 241 g/mol. The first-order chi connectivity index (χ1) is 7.90. The summed E-state index contributed by atoms with van der Waals surface area (Å²) in [5.74, 6) is 1.43. The van der Waals surface area contributed by atoms with Crippen LogP contribution in [0.3, 0.4) is 0 Å². The molecule has 1 amide bonds. The molecular formula is C13H23NO3. The fraction of sp³-hybridized carbons (Fsp3) is 0.923. The van der Waals surface area contributed by atoms with E-state index in [2.05, 4.69) is 0 Å². The summed E-state index contributed by atoms with van der Waals surface area (Å²) in [5.41, 5.74) is -0.425. The molecule has 0 bridgehead atoms. The van der Waals surface area contributed by atoms with E-state index in [1.54, 1.807) is 0 Å². The maximum atomic E-state index is 11.9. The Kier molecular flexibility index (Phi) is 3.34. The van der Waals surface area contributed by atoms with Crippen molar-refractivity contribution in [3.63, 3.8) is 0 Å². The molecule has 1 N–H and O–H groups in total. The first kappa shape index (κ1) is 12.7. The minimum absolute atomic E-state index is 0.205. The smallest absolute Gasteiger partial charge is 0.410 e. The second-order valence-corrected chi connectivity index (χ2v) is 6.33. The molecule has 1 saturated carbocycles. The molecule has 1 aliphatic heterocycles. The van der Waals surface area contributed by atoms with Crippen LogP contribution in [-0.2, 0) is 4.74 Å². The van der Waals surface area contributed by atoms with Gasteiger partial charge in [-0.1, -0.05) is 0 Å². The lowest BCUT2D eigenvalue weighted by molar-refractivity contribution is 0.0272. The fourth-order valence-corrected chi connectivity index (χ4v) is 3.08. The Morgan fingerprint density at radius 3 is 2.65 bits per heavy atom. The zero-order valence-electron chi connectivity index (χ0n) is 11.0. The minimum atomic E-state index is -0.425. The Labute approximate surface area is 103 Å². The summed E-state index contributed by atoms with van der Waals surface area (Å²) in [6, 6.07) is 0. The molecule has 1 heterocycles. The van der Waals surface area contributed by atoms with Crippen molar-refractivity contribution < 1.29 is 14.6 Å². The van der Waals surface area contributed by atoms with Crippen LogP contribution in [-0.4, -0.2) is 41.4 Å². The van der Waals surface area contributed by atoms with E-state index in [4.69, 9.17) is 4.74 Å². The van der Waals surface area contributed by atoms with Gasteiger partial charge in [0.2, 0.25) is 0 Å². The molecule has 0 aromatic heterocycles. The molecule has 2 rings (SSSR count). The number of amides is 1. The van der Waals surface area contributed by atoms with Gasteiger partial charge in [0.05, 0.1) is 0 Å². The molecule has 4 heteroatoms. The fourth-order valence-electron chi connectivity index (χ4n) is 3.08. The number of carbonyl (C=O) groups excluding carboxylic acids is 1. The van der Waals surface area contributed by atoms with Gasteiger partial charge in [0, 0.05) is 19.7 Å². The number of rotatable bonds is 1. The molecule has 2 fully saturated rings. The third kappa shape index (κ3) is 2.73. The van der Waals surface area contributed by atoms with Gasteiger partial charge in [0.1, 0.15) is 5.60 Å². The lowest BCUT2D eigenvalue weighted by Crippen LogP contribution is -2.36. The molecule has 3 atom stereocenters. The van der Waals surface area contributed by atoms with Crippen LogP contribution in [0.5, 0.6) is 0 Å². The highest BCUT2D eigenvalue weighted by Gasteiger charge is 2.44. The van der Waals surface area contributed by atoms with Crippen LogP contribution in [0.15, 0.2) is 0 Å². The van der Waals surface area contributed by atoms with Crippen molar-refractivity contribution in [3.8, 4) is 0 Å². The third-order valence-electron chi connectivity index (χ3n) is 3.89. The lowest BCUT2D eigenvalue weighted by Gasteiger charge is -2.25. The predicted molar refractivity (Wildman–Crippen MR) is 64.6 cm³/mol. The molecule has 1 aliphatic carbocycles. The second kappa shape index (κ2) is 4.48. The van der Waals surface area contributed by atoms with Gasteiger partial charge in [-0.15, -0.1) is 0 Å².